The zero-order chi connectivity index (χ0) is 21.9. The number of benzene rings is 1. The van der Waals surface area contributed by atoms with Crippen molar-refractivity contribution < 1.29 is 19.1 Å². The second kappa shape index (κ2) is 17.4. The fourth-order valence-electron chi connectivity index (χ4n) is 3.39. The zero-order valence-corrected chi connectivity index (χ0v) is 18.3. The fourth-order valence-corrected chi connectivity index (χ4v) is 3.39. The average molecular weight is 416 g/mol. The Balaban J connectivity index is 2.09. The van der Waals surface area contributed by atoms with Gasteiger partial charge in [0.05, 0.1) is 7.11 Å². The third-order valence-corrected chi connectivity index (χ3v) is 5.09. The molecular weight excluding hydrogens is 378 g/mol. The van der Waals surface area contributed by atoms with Gasteiger partial charge in [0.1, 0.15) is 12.3 Å². The van der Waals surface area contributed by atoms with Crippen LogP contribution in [-0.2, 0) is 25.5 Å². The molecule has 0 aromatic heterocycles. The SMILES string of the molecule is COC(=O)[C@H](Cc1ccccc1)NC(=O)CCCCCCCCCCC/C=C/C=O. The number of carbonyl (C=O) groups excluding carboxylic acids is 3. The number of hydrogen-bond acceptors (Lipinski definition) is 4. The Morgan fingerprint density at radius 1 is 0.933 bits per heavy atom. The maximum atomic E-state index is 12.2. The molecule has 1 amide bonds. The number of aldehydes is 1. The zero-order valence-electron chi connectivity index (χ0n) is 18.3. The van der Waals surface area contributed by atoms with Crippen LogP contribution in [0.2, 0.25) is 0 Å². The van der Waals surface area contributed by atoms with Crippen LogP contribution in [0.1, 0.15) is 76.2 Å². The predicted octanol–water partition coefficient (Wildman–Crippen LogP) is 4.93. The molecule has 5 heteroatoms. The summed E-state index contributed by atoms with van der Waals surface area (Å²) in [5, 5.41) is 2.82. The molecule has 0 aliphatic heterocycles. The van der Waals surface area contributed by atoms with Gasteiger partial charge in [-0.2, -0.15) is 0 Å². The van der Waals surface area contributed by atoms with Crippen LogP contribution in [0, 0.1) is 0 Å². The minimum Gasteiger partial charge on any atom is -0.467 e. The molecule has 0 spiro atoms. The van der Waals surface area contributed by atoms with Crippen molar-refractivity contribution in [2.75, 3.05) is 7.11 Å². The van der Waals surface area contributed by atoms with Gasteiger partial charge < -0.3 is 10.1 Å². The van der Waals surface area contributed by atoms with E-state index in [0.29, 0.717) is 12.8 Å². The van der Waals surface area contributed by atoms with Crippen LogP contribution in [-0.4, -0.2) is 31.3 Å². The lowest BCUT2D eigenvalue weighted by molar-refractivity contribution is -0.145. The molecule has 1 rings (SSSR count). The highest BCUT2D eigenvalue weighted by molar-refractivity contribution is 5.84. The molecule has 0 aliphatic carbocycles. The van der Waals surface area contributed by atoms with Crippen molar-refractivity contribution in [2.45, 2.75) is 83.1 Å². The largest absolute Gasteiger partial charge is 0.467 e. The highest BCUT2D eigenvalue weighted by atomic mass is 16.5. The van der Waals surface area contributed by atoms with Gasteiger partial charge in [-0.05, 0) is 30.9 Å². The van der Waals surface area contributed by atoms with Crippen LogP contribution in [0.25, 0.3) is 0 Å². The predicted molar refractivity (Wildman–Crippen MR) is 120 cm³/mol. The van der Waals surface area contributed by atoms with Gasteiger partial charge in [-0.25, -0.2) is 4.79 Å². The minimum absolute atomic E-state index is 0.0926. The molecule has 0 heterocycles. The van der Waals surface area contributed by atoms with E-state index >= 15 is 0 Å². The summed E-state index contributed by atoms with van der Waals surface area (Å²) in [7, 11) is 1.34. The second-order valence-corrected chi connectivity index (χ2v) is 7.62. The van der Waals surface area contributed by atoms with Crippen molar-refractivity contribution >= 4 is 18.2 Å². The standard InChI is InChI=1S/C25H37NO4/c1-30-25(29)23(21-22-17-13-12-14-18-22)26-24(28)19-15-10-8-6-4-2-3-5-7-9-11-16-20-27/h11-14,16-18,20,23H,2-10,15,19,21H2,1H3,(H,26,28)/b16-11+/t23-/m0/s1. The Morgan fingerprint density at radius 3 is 2.13 bits per heavy atom. The fraction of sp³-hybridized carbons (Fsp3) is 0.560. The smallest absolute Gasteiger partial charge is 0.328 e. The molecule has 0 unspecified atom stereocenters. The second-order valence-electron chi connectivity index (χ2n) is 7.62. The first-order valence-corrected chi connectivity index (χ1v) is 11.2. The number of amides is 1. The molecule has 0 bridgehead atoms. The van der Waals surface area contributed by atoms with Crippen molar-refractivity contribution in [1.29, 1.82) is 0 Å². The van der Waals surface area contributed by atoms with Gasteiger partial charge in [0.15, 0.2) is 0 Å². The third kappa shape index (κ3) is 12.9. The number of hydrogen-bond donors (Lipinski definition) is 1. The van der Waals surface area contributed by atoms with E-state index in [1.54, 1.807) is 6.08 Å². The van der Waals surface area contributed by atoms with Gasteiger partial charge in [0, 0.05) is 12.8 Å². The summed E-state index contributed by atoms with van der Waals surface area (Å²) in [6.07, 6.45) is 16.5. The molecular formula is C25H37NO4. The Morgan fingerprint density at radius 2 is 1.53 bits per heavy atom. The molecule has 30 heavy (non-hydrogen) atoms. The number of rotatable bonds is 17. The number of esters is 1. The average Bonchev–Trinajstić information content (AvgIpc) is 2.76. The summed E-state index contributed by atoms with van der Waals surface area (Å²) in [5.74, 6) is -0.503. The van der Waals surface area contributed by atoms with Crippen molar-refractivity contribution in [2.24, 2.45) is 0 Å². The van der Waals surface area contributed by atoms with E-state index in [2.05, 4.69) is 5.32 Å². The number of unbranched alkanes of at least 4 members (excludes halogenated alkanes) is 9. The third-order valence-electron chi connectivity index (χ3n) is 5.09. The van der Waals surface area contributed by atoms with Crippen LogP contribution < -0.4 is 5.32 Å². The minimum atomic E-state index is -0.640. The van der Waals surface area contributed by atoms with Crippen LogP contribution in [0.5, 0.6) is 0 Å². The van der Waals surface area contributed by atoms with E-state index in [-0.39, 0.29) is 5.91 Å². The van der Waals surface area contributed by atoms with Crippen LogP contribution in [0.15, 0.2) is 42.5 Å². The Bertz CT molecular complexity index is 627. The summed E-state index contributed by atoms with van der Waals surface area (Å²) in [5.41, 5.74) is 0.991. The van der Waals surface area contributed by atoms with E-state index in [1.165, 1.54) is 39.2 Å². The summed E-state index contributed by atoms with van der Waals surface area (Å²) in [4.78, 5) is 34.4. The summed E-state index contributed by atoms with van der Waals surface area (Å²) in [6, 6.07) is 8.99. The van der Waals surface area contributed by atoms with Gasteiger partial charge in [0.2, 0.25) is 5.91 Å². The first-order chi connectivity index (χ1) is 14.7. The molecule has 0 fully saturated rings. The van der Waals surface area contributed by atoms with Crippen LogP contribution in [0.3, 0.4) is 0 Å². The van der Waals surface area contributed by atoms with Gasteiger partial charge in [-0.3, -0.25) is 9.59 Å². The van der Waals surface area contributed by atoms with Crippen LogP contribution in [0.4, 0.5) is 0 Å². The number of nitrogens with one attached hydrogen (secondary N) is 1. The van der Waals surface area contributed by atoms with Gasteiger partial charge in [0.25, 0.3) is 0 Å². The highest BCUT2D eigenvalue weighted by Crippen LogP contribution is 2.12. The summed E-state index contributed by atoms with van der Waals surface area (Å²) >= 11 is 0. The first kappa shape index (κ1) is 25.6. The van der Waals surface area contributed by atoms with E-state index in [9.17, 15) is 14.4 Å². The molecule has 0 saturated heterocycles. The Kier molecular flexibility index (Phi) is 14.9. The quantitative estimate of drug-likeness (QED) is 0.169. The number of carbonyl (C=O) groups is 3. The van der Waals surface area contributed by atoms with Crippen molar-refractivity contribution in [3.05, 3.63) is 48.0 Å². The summed E-state index contributed by atoms with van der Waals surface area (Å²) in [6.45, 7) is 0. The first-order valence-electron chi connectivity index (χ1n) is 11.2. The van der Waals surface area contributed by atoms with E-state index in [4.69, 9.17) is 4.74 Å². The maximum absolute atomic E-state index is 12.2. The Labute approximate surface area is 181 Å². The van der Waals surface area contributed by atoms with Gasteiger partial charge in [-0.15, -0.1) is 0 Å². The molecule has 0 radical (unpaired) electrons. The van der Waals surface area contributed by atoms with Crippen molar-refractivity contribution in [1.82, 2.24) is 5.32 Å². The lowest BCUT2D eigenvalue weighted by Gasteiger charge is -2.16. The molecule has 1 aromatic rings. The van der Waals surface area contributed by atoms with Gasteiger partial charge in [-0.1, -0.05) is 81.4 Å². The Hall–Kier alpha value is -2.43. The van der Waals surface area contributed by atoms with Gasteiger partial charge >= 0.3 is 5.97 Å². The van der Waals surface area contributed by atoms with E-state index < -0.39 is 12.0 Å². The van der Waals surface area contributed by atoms with Crippen molar-refractivity contribution in [3.63, 3.8) is 0 Å². The van der Waals surface area contributed by atoms with E-state index in [0.717, 1.165) is 44.0 Å². The van der Waals surface area contributed by atoms with E-state index in [1.807, 2.05) is 36.4 Å². The van der Waals surface area contributed by atoms with Crippen LogP contribution >= 0.6 is 0 Å². The molecule has 5 nitrogen and oxygen atoms in total. The number of allylic oxidation sites excluding steroid dienone is 2. The molecule has 1 aromatic carbocycles. The molecule has 1 N–H and O–H groups in total. The maximum Gasteiger partial charge on any atom is 0.328 e. The normalized spacial score (nSPS) is 11.9. The number of ether oxygens (including phenoxy) is 1. The number of methoxy groups -OCH3 is 1. The molecule has 0 saturated carbocycles. The topological polar surface area (TPSA) is 72.5 Å². The highest BCUT2D eigenvalue weighted by Gasteiger charge is 2.21. The lowest BCUT2D eigenvalue weighted by Crippen LogP contribution is -2.43. The lowest BCUT2D eigenvalue weighted by atomic mass is 10.0. The summed E-state index contributed by atoms with van der Waals surface area (Å²) < 4.78 is 4.84. The molecule has 1 atom stereocenters. The monoisotopic (exact) mass is 415 g/mol. The molecule has 0 aliphatic rings. The molecule has 166 valence electrons. The van der Waals surface area contributed by atoms with Crippen molar-refractivity contribution in [3.8, 4) is 0 Å².